The van der Waals surface area contributed by atoms with Crippen molar-refractivity contribution in [1.82, 2.24) is 0 Å². The van der Waals surface area contributed by atoms with Crippen LogP contribution in [0.3, 0.4) is 0 Å². The molecule has 1 aliphatic carbocycles. The van der Waals surface area contributed by atoms with Crippen molar-refractivity contribution in [2.24, 2.45) is 11.7 Å². The molecule has 3 nitrogen and oxygen atoms in total. The van der Waals surface area contributed by atoms with E-state index in [0.29, 0.717) is 24.8 Å². The zero-order chi connectivity index (χ0) is 14.0. The molecule has 1 aromatic rings. The second-order valence-corrected chi connectivity index (χ2v) is 5.18. The van der Waals surface area contributed by atoms with E-state index >= 15 is 0 Å². The zero-order valence-corrected chi connectivity index (χ0v) is 10.5. The number of halogens is 2. The molecule has 3 atom stereocenters. The van der Waals surface area contributed by atoms with E-state index in [1.165, 1.54) is 12.1 Å². The SMILES string of the molecule is N[C@@H](Cc1cc(F)cc(F)c1)[C@H](O)[C@H]1CCC(=O)C1. The highest BCUT2D eigenvalue weighted by Gasteiger charge is 2.31. The monoisotopic (exact) mass is 269 g/mol. The van der Waals surface area contributed by atoms with Crippen molar-refractivity contribution >= 4 is 5.78 Å². The third kappa shape index (κ3) is 3.58. The van der Waals surface area contributed by atoms with Crippen LogP contribution in [0.1, 0.15) is 24.8 Å². The van der Waals surface area contributed by atoms with Gasteiger partial charge in [-0.1, -0.05) is 0 Å². The highest BCUT2D eigenvalue weighted by molar-refractivity contribution is 5.80. The first-order valence-electron chi connectivity index (χ1n) is 6.36. The largest absolute Gasteiger partial charge is 0.391 e. The standard InChI is InChI=1S/C14H17F2NO2/c15-10-3-8(4-11(16)7-10)5-13(17)14(19)9-1-2-12(18)6-9/h3-4,7,9,13-14,19H,1-2,5-6,17H2/t9-,13-,14+/m0/s1. The first-order chi connectivity index (χ1) is 8.95. The van der Waals surface area contributed by atoms with E-state index in [1.54, 1.807) is 0 Å². The van der Waals surface area contributed by atoms with E-state index in [0.717, 1.165) is 6.07 Å². The zero-order valence-electron chi connectivity index (χ0n) is 10.5. The van der Waals surface area contributed by atoms with Gasteiger partial charge in [-0.05, 0) is 36.5 Å². The molecule has 0 radical (unpaired) electrons. The number of Topliss-reactive ketones (excluding diaryl/α,β-unsaturated/α-hetero) is 1. The number of hydrogen-bond donors (Lipinski definition) is 2. The molecule has 0 heterocycles. The van der Waals surface area contributed by atoms with Gasteiger partial charge in [0.05, 0.1) is 6.10 Å². The summed E-state index contributed by atoms with van der Waals surface area (Å²) < 4.78 is 26.1. The number of nitrogens with two attached hydrogens (primary N) is 1. The Labute approximate surface area is 110 Å². The fraction of sp³-hybridized carbons (Fsp3) is 0.500. The summed E-state index contributed by atoms with van der Waals surface area (Å²) in [5.41, 5.74) is 6.28. The van der Waals surface area contributed by atoms with Gasteiger partial charge in [-0.3, -0.25) is 4.79 Å². The number of ketones is 1. The summed E-state index contributed by atoms with van der Waals surface area (Å²) in [6.45, 7) is 0. The number of rotatable bonds is 4. The second-order valence-electron chi connectivity index (χ2n) is 5.18. The maximum absolute atomic E-state index is 13.0. The molecule has 0 aliphatic heterocycles. The number of benzene rings is 1. The first-order valence-corrected chi connectivity index (χ1v) is 6.36. The number of carbonyl (C=O) groups is 1. The van der Waals surface area contributed by atoms with Gasteiger partial charge in [-0.15, -0.1) is 0 Å². The molecule has 0 bridgehead atoms. The molecular weight excluding hydrogens is 252 g/mol. The van der Waals surface area contributed by atoms with Crippen molar-refractivity contribution in [3.63, 3.8) is 0 Å². The van der Waals surface area contributed by atoms with Crippen molar-refractivity contribution in [3.05, 3.63) is 35.4 Å². The molecule has 5 heteroatoms. The molecule has 1 saturated carbocycles. The van der Waals surface area contributed by atoms with Crippen LogP contribution >= 0.6 is 0 Å². The van der Waals surface area contributed by atoms with Crippen LogP contribution in [0.2, 0.25) is 0 Å². The molecule has 19 heavy (non-hydrogen) atoms. The van der Waals surface area contributed by atoms with Gasteiger partial charge in [0.1, 0.15) is 17.4 Å². The van der Waals surface area contributed by atoms with Crippen LogP contribution in [-0.2, 0) is 11.2 Å². The number of aliphatic hydroxyl groups is 1. The van der Waals surface area contributed by atoms with Crippen LogP contribution in [0.4, 0.5) is 8.78 Å². The third-order valence-corrected chi connectivity index (χ3v) is 3.60. The Bertz CT molecular complexity index is 458. The molecule has 0 amide bonds. The van der Waals surface area contributed by atoms with Crippen LogP contribution in [0.5, 0.6) is 0 Å². The molecule has 2 rings (SSSR count). The van der Waals surface area contributed by atoms with Gasteiger partial charge in [0.25, 0.3) is 0 Å². The van der Waals surface area contributed by atoms with Crippen molar-refractivity contribution in [2.75, 3.05) is 0 Å². The van der Waals surface area contributed by atoms with Gasteiger partial charge in [0.15, 0.2) is 0 Å². The average Bonchev–Trinajstić information content (AvgIpc) is 2.73. The van der Waals surface area contributed by atoms with Crippen LogP contribution in [0.25, 0.3) is 0 Å². The van der Waals surface area contributed by atoms with E-state index < -0.39 is 23.8 Å². The third-order valence-electron chi connectivity index (χ3n) is 3.60. The fourth-order valence-electron chi connectivity index (χ4n) is 2.61. The molecular formula is C14H17F2NO2. The first kappa shape index (κ1) is 14.1. The van der Waals surface area contributed by atoms with Crippen molar-refractivity contribution in [3.8, 4) is 0 Å². The fourth-order valence-corrected chi connectivity index (χ4v) is 2.61. The molecule has 1 aromatic carbocycles. The van der Waals surface area contributed by atoms with Gasteiger partial charge in [-0.25, -0.2) is 8.78 Å². The maximum Gasteiger partial charge on any atom is 0.133 e. The van der Waals surface area contributed by atoms with E-state index in [1.807, 2.05) is 0 Å². The Morgan fingerprint density at radius 1 is 1.32 bits per heavy atom. The minimum absolute atomic E-state index is 0.132. The topological polar surface area (TPSA) is 63.3 Å². The van der Waals surface area contributed by atoms with Crippen LogP contribution in [0.15, 0.2) is 18.2 Å². The van der Waals surface area contributed by atoms with Crippen molar-refractivity contribution in [2.45, 2.75) is 37.8 Å². The number of hydrogen-bond acceptors (Lipinski definition) is 3. The molecule has 1 fully saturated rings. The lowest BCUT2D eigenvalue weighted by molar-refractivity contribution is -0.117. The minimum Gasteiger partial charge on any atom is -0.391 e. The average molecular weight is 269 g/mol. The van der Waals surface area contributed by atoms with Crippen LogP contribution in [0, 0.1) is 17.6 Å². The molecule has 0 unspecified atom stereocenters. The van der Waals surface area contributed by atoms with Gasteiger partial charge >= 0.3 is 0 Å². The molecule has 0 aromatic heterocycles. The predicted octanol–water partition coefficient (Wildman–Crippen LogP) is 1.56. The number of aliphatic hydroxyl groups excluding tert-OH is 1. The minimum atomic E-state index is -0.822. The Kier molecular flexibility index (Phi) is 4.27. The molecule has 104 valence electrons. The van der Waals surface area contributed by atoms with E-state index in [2.05, 4.69) is 0 Å². The van der Waals surface area contributed by atoms with Crippen molar-refractivity contribution in [1.29, 1.82) is 0 Å². The molecule has 0 spiro atoms. The summed E-state index contributed by atoms with van der Waals surface area (Å²) in [5.74, 6) is -1.32. The Morgan fingerprint density at radius 3 is 2.47 bits per heavy atom. The summed E-state index contributed by atoms with van der Waals surface area (Å²) in [6.07, 6.45) is 0.805. The van der Waals surface area contributed by atoms with E-state index in [-0.39, 0.29) is 18.1 Å². The van der Waals surface area contributed by atoms with E-state index in [4.69, 9.17) is 5.73 Å². The summed E-state index contributed by atoms with van der Waals surface area (Å²) in [4.78, 5) is 11.2. The molecule has 3 N–H and O–H groups in total. The number of carbonyl (C=O) groups excluding carboxylic acids is 1. The Morgan fingerprint density at radius 2 is 1.95 bits per heavy atom. The Balaban J connectivity index is 1.99. The second kappa shape index (κ2) is 5.75. The summed E-state index contributed by atoms with van der Waals surface area (Å²) in [5, 5.41) is 10.1. The lowest BCUT2D eigenvalue weighted by Gasteiger charge is -2.23. The van der Waals surface area contributed by atoms with Gasteiger partial charge in [-0.2, -0.15) is 0 Å². The van der Waals surface area contributed by atoms with Gasteiger partial charge < -0.3 is 10.8 Å². The maximum atomic E-state index is 13.0. The molecule has 0 saturated heterocycles. The predicted molar refractivity (Wildman–Crippen MR) is 66.4 cm³/mol. The lowest BCUT2D eigenvalue weighted by Crippen LogP contribution is -2.41. The van der Waals surface area contributed by atoms with Crippen LogP contribution in [-0.4, -0.2) is 23.0 Å². The van der Waals surface area contributed by atoms with Gasteiger partial charge in [0, 0.05) is 24.9 Å². The van der Waals surface area contributed by atoms with Crippen LogP contribution < -0.4 is 5.73 Å². The van der Waals surface area contributed by atoms with E-state index in [9.17, 15) is 18.7 Å². The summed E-state index contributed by atoms with van der Waals surface area (Å²) in [7, 11) is 0. The molecule has 1 aliphatic rings. The highest BCUT2D eigenvalue weighted by atomic mass is 19.1. The van der Waals surface area contributed by atoms with Gasteiger partial charge in [0.2, 0.25) is 0 Å². The summed E-state index contributed by atoms with van der Waals surface area (Å²) >= 11 is 0. The highest BCUT2D eigenvalue weighted by Crippen LogP contribution is 2.27. The lowest BCUT2D eigenvalue weighted by atomic mass is 9.91. The quantitative estimate of drug-likeness (QED) is 0.872. The Hall–Kier alpha value is -1.33. The summed E-state index contributed by atoms with van der Waals surface area (Å²) in [6, 6.07) is 2.57. The normalized spacial score (nSPS) is 22.5. The smallest absolute Gasteiger partial charge is 0.133 e. The van der Waals surface area contributed by atoms with Crippen molar-refractivity contribution < 1.29 is 18.7 Å².